The van der Waals surface area contributed by atoms with E-state index in [0.29, 0.717) is 23.6 Å². The lowest BCUT2D eigenvalue weighted by Crippen LogP contribution is -2.15. The summed E-state index contributed by atoms with van der Waals surface area (Å²) in [6.45, 7) is 7.72. The Kier molecular flexibility index (Phi) is 7.47. The number of rotatable bonds is 4. The fraction of sp³-hybridized carbons (Fsp3) is 0.278. The zero-order chi connectivity index (χ0) is 17.2. The Hall–Kier alpha value is -2.69. The van der Waals surface area contributed by atoms with Gasteiger partial charge in [-0.15, -0.1) is 0 Å². The first kappa shape index (κ1) is 18.4. The molecule has 0 radical (unpaired) electrons. The number of aromatic nitrogens is 1. The number of amides is 2. The van der Waals surface area contributed by atoms with Crippen molar-refractivity contribution in [3.8, 4) is 0 Å². The molecule has 0 unspecified atom stereocenters. The molecule has 2 N–H and O–H groups in total. The molecule has 1 aromatic carbocycles. The predicted molar refractivity (Wildman–Crippen MR) is 93.6 cm³/mol. The monoisotopic (exact) mass is 313 g/mol. The molecule has 2 rings (SSSR count). The first-order chi connectivity index (χ1) is 11.1. The minimum Gasteiger partial charge on any atom is -0.311 e. The number of aryl methyl sites for hydroxylation is 1. The fourth-order valence-electron chi connectivity index (χ4n) is 1.70. The van der Waals surface area contributed by atoms with Crippen LogP contribution in [0.1, 0.15) is 43.1 Å². The molecular weight excluding hydrogens is 290 g/mol. The first-order valence-corrected chi connectivity index (χ1v) is 7.73. The lowest BCUT2D eigenvalue weighted by Gasteiger charge is -2.07. The van der Waals surface area contributed by atoms with Gasteiger partial charge in [0.1, 0.15) is 11.6 Å². The summed E-state index contributed by atoms with van der Waals surface area (Å²) >= 11 is 0. The third kappa shape index (κ3) is 5.90. The maximum atomic E-state index is 12.1. The summed E-state index contributed by atoms with van der Waals surface area (Å²) in [4.78, 5) is 27.6. The Bertz CT molecular complexity index is 652. The van der Waals surface area contributed by atoms with Crippen LogP contribution in [0.25, 0.3) is 0 Å². The maximum absolute atomic E-state index is 12.1. The van der Waals surface area contributed by atoms with Gasteiger partial charge < -0.3 is 10.6 Å². The van der Waals surface area contributed by atoms with Crippen molar-refractivity contribution in [3.63, 3.8) is 0 Å². The minimum absolute atomic E-state index is 0.121. The molecule has 0 spiro atoms. The molecule has 0 bridgehead atoms. The fourth-order valence-corrected chi connectivity index (χ4v) is 1.70. The second kappa shape index (κ2) is 9.35. The smallest absolute Gasteiger partial charge is 0.256 e. The van der Waals surface area contributed by atoms with E-state index in [0.717, 1.165) is 5.56 Å². The molecule has 1 heterocycles. The van der Waals surface area contributed by atoms with Crippen LogP contribution in [-0.4, -0.2) is 16.8 Å². The molecule has 0 saturated heterocycles. The average Bonchev–Trinajstić information content (AvgIpc) is 2.57. The van der Waals surface area contributed by atoms with Gasteiger partial charge in [-0.25, -0.2) is 4.98 Å². The third-order valence-electron chi connectivity index (χ3n) is 2.89. The van der Waals surface area contributed by atoms with Crippen LogP contribution in [-0.2, 0) is 4.79 Å². The summed E-state index contributed by atoms with van der Waals surface area (Å²) in [6.07, 6.45) is 0.377. The number of carbonyl (C=O) groups excluding carboxylic acids is 2. The SMILES string of the molecule is CC.CCC(=O)Nc1cccc(NC(=O)c2ccc(C)cc2)n1. The molecule has 0 saturated carbocycles. The van der Waals surface area contributed by atoms with E-state index in [2.05, 4.69) is 15.6 Å². The van der Waals surface area contributed by atoms with E-state index in [4.69, 9.17) is 0 Å². The van der Waals surface area contributed by atoms with Gasteiger partial charge >= 0.3 is 0 Å². The van der Waals surface area contributed by atoms with Gasteiger partial charge in [0.15, 0.2) is 0 Å². The number of benzene rings is 1. The molecule has 5 heteroatoms. The van der Waals surface area contributed by atoms with Crippen LogP contribution in [0.2, 0.25) is 0 Å². The van der Waals surface area contributed by atoms with E-state index in [1.54, 1.807) is 37.3 Å². The predicted octanol–water partition coefficient (Wildman–Crippen LogP) is 4.02. The van der Waals surface area contributed by atoms with Crippen LogP contribution < -0.4 is 10.6 Å². The normalized spacial score (nSPS) is 9.39. The van der Waals surface area contributed by atoms with Crippen molar-refractivity contribution in [2.24, 2.45) is 0 Å². The molecule has 2 aromatic rings. The van der Waals surface area contributed by atoms with Crippen LogP contribution in [0.4, 0.5) is 11.6 Å². The molecule has 0 aliphatic carbocycles. The molecule has 122 valence electrons. The zero-order valence-corrected chi connectivity index (χ0v) is 14.0. The van der Waals surface area contributed by atoms with Crippen molar-refractivity contribution in [1.82, 2.24) is 4.98 Å². The maximum Gasteiger partial charge on any atom is 0.256 e. The Morgan fingerprint density at radius 2 is 1.52 bits per heavy atom. The van der Waals surface area contributed by atoms with Crippen LogP contribution >= 0.6 is 0 Å². The number of carbonyl (C=O) groups is 2. The molecule has 0 aliphatic heterocycles. The minimum atomic E-state index is -0.235. The van der Waals surface area contributed by atoms with Gasteiger partial charge in [-0.2, -0.15) is 0 Å². The lowest BCUT2D eigenvalue weighted by molar-refractivity contribution is -0.115. The van der Waals surface area contributed by atoms with Gasteiger partial charge in [-0.05, 0) is 31.2 Å². The molecule has 23 heavy (non-hydrogen) atoms. The lowest BCUT2D eigenvalue weighted by atomic mass is 10.1. The van der Waals surface area contributed by atoms with Gasteiger partial charge in [0.2, 0.25) is 5.91 Å². The molecule has 2 amide bonds. The summed E-state index contributed by atoms with van der Waals surface area (Å²) in [7, 11) is 0. The number of nitrogens with zero attached hydrogens (tertiary/aromatic N) is 1. The van der Waals surface area contributed by atoms with E-state index in [1.807, 2.05) is 32.9 Å². The summed E-state index contributed by atoms with van der Waals surface area (Å²) in [6, 6.07) is 12.3. The molecular formula is C18H23N3O2. The number of hydrogen-bond acceptors (Lipinski definition) is 3. The summed E-state index contributed by atoms with van der Waals surface area (Å²) in [5, 5.41) is 5.36. The second-order valence-corrected chi connectivity index (χ2v) is 4.63. The zero-order valence-electron chi connectivity index (χ0n) is 14.0. The molecule has 0 atom stereocenters. The Balaban J connectivity index is 0.00000127. The molecule has 1 aromatic heterocycles. The van der Waals surface area contributed by atoms with E-state index >= 15 is 0 Å². The Labute approximate surface area is 137 Å². The quantitative estimate of drug-likeness (QED) is 0.895. The van der Waals surface area contributed by atoms with Crippen molar-refractivity contribution in [2.75, 3.05) is 10.6 Å². The summed E-state index contributed by atoms with van der Waals surface area (Å²) < 4.78 is 0. The van der Waals surface area contributed by atoms with Gasteiger partial charge in [-0.3, -0.25) is 9.59 Å². The Morgan fingerprint density at radius 1 is 0.957 bits per heavy atom. The van der Waals surface area contributed by atoms with Gasteiger partial charge in [-0.1, -0.05) is 44.5 Å². The molecule has 0 aliphatic rings. The van der Waals surface area contributed by atoms with Crippen LogP contribution in [0.5, 0.6) is 0 Å². The second-order valence-electron chi connectivity index (χ2n) is 4.63. The Morgan fingerprint density at radius 3 is 2.09 bits per heavy atom. The highest BCUT2D eigenvalue weighted by Crippen LogP contribution is 2.11. The molecule has 5 nitrogen and oxygen atoms in total. The van der Waals surface area contributed by atoms with Gasteiger partial charge in [0.25, 0.3) is 5.91 Å². The number of anilines is 2. The highest BCUT2D eigenvalue weighted by molar-refractivity contribution is 6.03. The van der Waals surface area contributed by atoms with Crippen LogP contribution in [0.15, 0.2) is 42.5 Å². The standard InChI is InChI=1S/C16H17N3O2.C2H6/c1-3-15(20)18-13-5-4-6-14(17-13)19-16(21)12-9-7-11(2)8-10-12;1-2/h4-10H,3H2,1-2H3,(H2,17,18,19,20,21);1-2H3. The summed E-state index contributed by atoms with van der Waals surface area (Å²) in [5.74, 6) is 0.462. The van der Waals surface area contributed by atoms with E-state index in [-0.39, 0.29) is 11.8 Å². The third-order valence-corrected chi connectivity index (χ3v) is 2.89. The number of pyridine rings is 1. The summed E-state index contributed by atoms with van der Waals surface area (Å²) in [5.41, 5.74) is 1.65. The van der Waals surface area contributed by atoms with Crippen LogP contribution in [0, 0.1) is 6.92 Å². The van der Waals surface area contributed by atoms with E-state index in [9.17, 15) is 9.59 Å². The largest absolute Gasteiger partial charge is 0.311 e. The van der Waals surface area contributed by atoms with Gasteiger partial charge in [0, 0.05) is 12.0 Å². The van der Waals surface area contributed by atoms with E-state index < -0.39 is 0 Å². The van der Waals surface area contributed by atoms with Crippen molar-refractivity contribution in [3.05, 3.63) is 53.6 Å². The highest BCUT2D eigenvalue weighted by atomic mass is 16.2. The average molecular weight is 313 g/mol. The number of nitrogens with one attached hydrogen (secondary N) is 2. The molecule has 0 fully saturated rings. The first-order valence-electron chi connectivity index (χ1n) is 7.73. The van der Waals surface area contributed by atoms with Crippen molar-refractivity contribution in [1.29, 1.82) is 0 Å². The van der Waals surface area contributed by atoms with Crippen molar-refractivity contribution in [2.45, 2.75) is 34.1 Å². The highest BCUT2D eigenvalue weighted by Gasteiger charge is 2.07. The van der Waals surface area contributed by atoms with Crippen molar-refractivity contribution >= 4 is 23.5 Å². The number of hydrogen-bond donors (Lipinski definition) is 2. The van der Waals surface area contributed by atoms with Gasteiger partial charge in [0.05, 0.1) is 0 Å². The van der Waals surface area contributed by atoms with Crippen LogP contribution in [0.3, 0.4) is 0 Å². The topological polar surface area (TPSA) is 71.1 Å². The van der Waals surface area contributed by atoms with Crippen molar-refractivity contribution < 1.29 is 9.59 Å². The van der Waals surface area contributed by atoms with E-state index in [1.165, 1.54) is 0 Å².